The number of carbonyl (C=O) groups is 1. The first-order chi connectivity index (χ1) is 14.4. The summed E-state index contributed by atoms with van der Waals surface area (Å²) < 4.78 is 24.5. The highest BCUT2D eigenvalue weighted by Gasteiger charge is 2.29. The summed E-state index contributed by atoms with van der Waals surface area (Å²) in [5.41, 5.74) is 0.230. The molecule has 1 aliphatic rings. The van der Waals surface area contributed by atoms with Crippen molar-refractivity contribution in [2.45, 2.75) is 30.5 Å². The summed E-state index contributed by atoms with van der Waals surface area (Å²) in [6.07, 6.45) is 2.48. The number of hydrogen-bond acceptors (Lipinski definition) is 9. The van der Waals surface area contributed by atoms with Crippen LogP contribution in [0, 0.1) is 4.77 Å². The highest BCUT2D eigenvalue weighted by atomic mass is 32.2. The molecule has 0 aromatic carbocycles. The lowest BCUT2D eigenvalue weighted by Gasteiger charge is -2.11. The molecule has 3 heterocycles. The number of carbonyl (C=O) groups excluding carboxylic acids is 1. The van der Waals surface area contributed by atoms with Crippen molar-refractivity contribution < 1.29 is 23.6 Å². The monoisotopic (exact) mass is 471 g/mol. The van der Waals surface area contributed by atoms with Crippen molar-refractivity contribution in [2.75, 3.05) is 26.1 Å². The molecule has 0 aliphatic carbocycles. The second kappa shape index (κ2) is 9.77. The van der Waals surface area contributed by atoms with Crippen LogP contribution in [0.4, 0.5) is 5.00 Å². The van der Waals surface area contributed by atoms with Crippen LogP contribution in [0.3, 0.4) is 0 Å². The van der Waals surface area contributed by atoms with E-state index in [0.29, 0.717) is 33.4 Å². The zero-order valence-electron chi connectivity index (χ0n) is 16.4. The van der Waals surface area contributed by atoms with Crippen molar-refractivity contribution in [1.29, 1.82) is 0 Å². The maximum atomic E-state index is 12.5. The lowest BCUT2D eigenvalue weighted by Crippen LogP contribution is -2.20. The zero-order chi connectivity index (χ0) is 21.8. The van der Waals surface area contributed by atoms with Gasteiger partial charge in [-0.15, -0.1) is 11.3 Å². The first kappa shape index (κ1) is 22.5. The maximum absolute atomic E-state index is 12.5. The highest BCUT2D eigenvalue weighted by Crippen LogP contribution is 2.41. The third-order valence-corrected chi connectivity index (χ3v) is 7.82. The Labute approximate surface area is 183 Å². The summed E-state index contributed by atoms with van der Waals surface area (Å²) in [6, 6.07) is 0. The molecule has 2 aromatic rings. The largest absolute Gasteiger partial charge is 0.494 e. The average molecular weight is 472 g/mol. The SMILES string of the molecule is CCOC(=O)c1c(/N=C/c2c(O)n(CCOC)c(=S)[nH]c2=O)sc2c1CCCS2=O. The van der Waals surface area contributed by atoms with Crippen molar-refractivity contribution in [3.8, 4) is 5.88 Å². The molecule has 1 unspecified atom stereocenters. The number of hydrogen-bond donors (Lipinski definition) is 2. The molecule has 12 heteroatoms. The Morgan fingerprint density at radius 3 is 2.97 bits per heavy atom. The summed E-state index contributed by atoms with van der Waals surface area (Å²) >= 11 is 6.22. The minimum absolute atomic E-state index is 0.0564. The van der Waals surface area contributed by atoms with E-state index >= 15 is 0 Å². The zero-order valence-corrected chi connectivity index (χ0v) is 18.9. The predicted molar refractivity (Wildman–Crippen MR) is 117 cm³/mol. The number of nitrogens with zero attached hydrogens (tertiary/aromatic N) is 2. The van der Waals surface area contributed by atoms with Crippen LogP contribution in [0.2, 0.25) is 0 Å². The molecule has 1 aliphatic heterocycles. The maximum Gasteiger partial charge on any atom is 0.341 e. The molecule has 0 amide bonds. The van der Waals surface area contributed by atoms with Gasteiger partial charge in [-0.05, 0) is 37.5 Å². The van der Waals surface area contributed by atoms with Crippen molar-refractivity contribution >= 4 is 51.5 Å². The summed E-state index contributed by atoms with van der Waals surface area (Å²) in [5, 5.41) is 10.8. The van der Waals surface area contributed by atoms with Gasteiger partial charge in [-0.3, -0.25) is 18.6 Å². The van der Waals surface area contributed by atoms with E-state index in [1.807, 2.05) is 0 Å². The van der Waals surface area contributed by atoms with Gasteiger partial charge in [0.1, 0.15) is 16.1 Å². The third kappa shape index (κ3) is 4.46. The normalized spacial score (nSPS) is 16.0. The summed E-state index contributed by atoms with van der Waals surface area (Å²) in [6.45, 7) is 2.40. The van der Waals surface area contributed by atoms with Gasteiger partial charge in [-0.25, -0.2) is 9.79 Å². The number of methoxy groups -OCH3 is 1. The number of fused-ring (bicyclic) bond motifs is 1. The van der Waals surface area contributed by atoms with Crippen LogP contribution in [-0.4, -0.2) is 57.1 Å². The fourth-order valence-electron chi connectivity index (χ4n) is 3.02. The Hall–Kier alpha value is -2.15. The first-order valence-corrected chi connectivity index (χ1v) is 11.7. The Morgan fingerprint density at radius 2 is 2.27 bits per heavy atom. The van der Waals surface area contributed by atoms with Crippen LogP contribution >= 0.6 is 23.6 Å². The van der Waals surface area contributed by atoms with Crippen LogP contribution in [0.15, 0.2) is 14.0 Å². The van der Waals surface area contributed by atoms with Gasteiger partial charge < -0.3 is 14.6 Å². The van der Waals surface area contributed by atoms with Crippen LogP contribution in [0.1, 0.15) is 34.8 Å². The molecule has 30 heavy (non-hydrogen) atoms. The molecule has 3 rings (SSSR count). The Kier molecular flexibility index (Phi) is 7.34. The molecular formula is C18H21N3O6S3. The number of aromatic hydroxyl groups is 1. The predicted octanol–water partition coefficient (Wildman–Crippen LogP) is 2.30. The Morgan fingerprint density at radius 1 is 1.50 bits per heavy atom. The number of esters is 1. The van der Waals surface area contributed by atoms with Crippen LogP contribution in [0.5, 0.6) is 5.88 Å². The summed E-state index contributed by atoms with van der Waals surface area (Å²) in [4.78, 5) is 31.6. The smallest absolute Gasteiger partial charge is 0.341 e. The quantitative estimate of drug-likeness (QED) is 0.361. The van der Waals surface area contributed by atoms with Crippen molar-refractivity contribution in [1.82, 2.24) is 9.55 Å². The number of aliphatic imine (C=N–C) groups is 1. The topological polar surface area (TPSA) is 123 Å². The van der Waals surface area contributed by atoms with Crippen LogP contribution in [-0.2, 0) is 33.2 Å². The standard InChI is InChI=1S/C18H21N3O6S3/c1-3-27-16(24)12-10-5-4-8-30(25)17(10)29-14(12)19-9-11-13(22)20-18(28)21(15(11)23)6-7-26-2/h9,23H,3-8H2,1-2H3,(H,20,22,28)/b19-9+. The van der Waals surface area contributed by atoms with E-state index in [1.165, 1.54) is 17.9 Å². The molecule has 0 spiro atoms. The molecule has 2 aromatic heterocycles. The molecule has 0 bridgehead atoms. The molecule has 1 atom stereocenters. The molecular weight excluding hydrogens is 450 g/mol. The minimum Gasteiger partial charge on any atom is -0.494 e. The van der Waals surface area contributed by atoms with E-state index in [4.69, 9.17) is 21.7 Å². The van der Waals surface area contributed by atoms with E-state index < -0.39 is 22.3 Å². The van der Waals surface area contributed by atoms with E-state index in [-0.39, 0.29) is 41.5 Å². The Bertz CT molecular complexity index is 1130. The minimum atomic E-state index is -1.20. The molecule has 2 N–H and O–H groups in total. The summed E-state index contributed by atoms with van der Waals surface area (Å²) in [5.74, 6) is -0.374. The highest BCUT2D eigenvalue weighted by molar-refractivity contribution is 7.87. The third-order valence-electron chi connectivity index (χ3n) is 4.43. The van der Waals surface area contributed by atoms with Crippen molar-refractivity contribution in [2.24, 2.45) is 4.99 Å². The van der Waals surface area contributed by atoms with Crippen LogP contribution < -0.4 is 5.56 Å². The summed E-state index contributed by atoms with van der Waals surface area (Å²) in [7, 11) is 0.303. The lowest BCUT2D eigenvalue weighted by molar-refractivity contribution is 0.0526. The van der Waals surface area contributed by atoms with E-state index in [2.05, 4.69) is 9.98 Å². The van der Waals surface area contributed by atoms with E-state index in [9.17, 15) is 18.9 Å². The van der Waals surface area contributed by atoms with Gasteiger partial charge >= 0.3 is 5.97 Å². The van der Waals surface area contributed by atoms with Gasteiger partial charge in [0.15, 0.2) is 4.77 Å². The van der Waals surface area contributed by atoms with Gasteiger partial charge in [0, 0.05) is 19.1 Å². The number of rotatable bonds is 7. The average Bonchev–Trinajstić information content (AvgIpc) is 3.07. The number of aromatic nitrogens is 2. The fraction of sp³-hybridized carbons (Fsp3) is 0.444. The van der Waals surface area contributed by atoms with Gasteiger partial charge in [-0.1, -0.05) is 0 Å². The molecule has 162 valence electrons. The second-order valence-electron chi connectivity index (χ2n) is 6.32. The molecule has 0 saturated carbocycles. The molecule has 0 fully saturated rings. The molecule has 0 radical (unpaired) electrons. The number of thiophene rings is 1. The van der Waals surface area contributed by atoms with Crippen molar-refractivity contribution in [3.05, 3.63) is 31.8 Å². The lowest BCUT2D eigenvalue weighted by atomic mass is 10.1. The number of aromatic amines is 1. The van der Waals surface area contributed by atoms with E-state index in [1.54, 1.807) is 6.92 Å². The van der Waals surface area contributed by atoms with Gasteiger partial charge in [-0.2, -0.15) is 0 Å². The van der Waals surface area contributed by atoms with Crippen LogP contribution in [0.25, 0.3) is 0 Å². The van der Waals surface area contributed by atoms with Gasteiger partial charge in [0.25, 0.3) is 5.56 Å². The second-order valence-corrected chi connectivity index (χ2v) is 9.47. The van der Waals surface area contributed by atoms with Gasteiger partial charge in [0.2, 0.25) is 5.88 Å². The fourth-order valence-corrected chi connectivity index (χ4v) is 6.14. The molecule has 0 saturated heterocycles. The number of nitrogens with one attached hydrogen (secondary N) is 1. The van der Waals surface area contributed by atoms with Gasteiger partial charge in [0.05, 0.1) is 34.8 Å². The first-order valence-electron chi connectivity index (χ1n) is 9.19. The van der Waals surface area contributed by atoms with Crippen molar-refractivity contribution in [3.63, 3.8) is 0 Å². The number of ether oxygens (including phenoxy) is 2. The Balaban J connectivity index is 2.09. The molecule has 9 nitrogen and oxygen atoms in total. The number of H-pyrrole nitrogens is 1. The van der Waals surface area contributed by atoms with E-state index in [0.717, 1.165) is 11.3 Å².